The van der Waals surface area contributed by atoms with E-state index in [0.717, 1.165) is 11.8 Å². The molecule has 0 aromatic carbocycles. The van der Waals surface area contributed by atoms with E-state index in [1.165, 1.54) is 19.3 Å². The maximum absolute atomic E-state index is 5.43. The third kappa shape index (κ3) is 5.59. The molecule has 0 fully saturated rings. The molecule has 2 unspecified atom stereocenters. The Bertz CT molecular complexity index is 99.2. The fourth-order valence-electron chi connectivity index (χ4n) is 1.43. The first-order valence-electron chi connectivity index (χ1n) is 5.12. The van der Waals surface area contributed by atoms with E-state index in [4.69, 9.17) is 4.74 Å². The van der Waals surface area contributed by atoms with Crippen molar-refractivity contribution in [3.63, 3.8) is 0 Å². The molecule has 0 amide bonds. The first-order chi connectivity index (χ1) is 5.60. The summed E-state index contributed by atoms with van der Waals surface area (Å²) in [6, 6.07) is 0. The van der Waals surface area contributed by atoms with Gasteiger partial charge in [0.25, 0.3) is 0 Å². The van der Waals surface area contributed by atoms with E-state index in [2.05, 4.69) is 27.7 Å². The minimum Gasteiger partial charge on any atom is -0.381 e. The van der Waals surface area contributed by atoms with Gasteiger partial charge in [-0.2, -0.15) is 0 Å². The van der Waals surface area contributed by atoms with Crippen LogP contribution >= 0.6 is 0 Å². The van der Waals surface area contributed by atoms with E-state index in [0.29, 0.717) is 6.10 Å². The molecule has 1 heteroatoms. The molecule has 0 spiro atoms. The van der Waals surface area contributed by atoms with Crippen molar-refractivity contribution in [3.05, 3.63) is 0 Å². The summed E-state index contributed by atoms with van der Waals surface area (Å²) in [6.07, 6.45) is 4.14. The Balaban J connectivity index is 3.66. The van der Waals surface area contributed by atoms with Gasteiger partial charge in [0, 0.05) is 7.11 Å². The highest BCUT2D eigenvalue weighted by molar-refractivity contribution is 4.63. The quantitative estimate of drug-likeness (QED) is 0.596. The zero-order valence-corrected chi connectivity index (χ0v) is 9.26. The molecule has 74 valence electrons. The number of hydrogen-bond donors (Lipinski definition) is 0. The van der Waals surface area contributed by atoms with Crippen LogP contribution < -0.4 is 0 Å². The highest BCUT2D eigenvalue weighted by Crippen LogP contribution is 2.17. The summed E-state index contributed by atoms with van der Waals surface area (Å²) in [5, 5.41) is 0. The van der Waals surface area contributed by atoms with Gasteiger partial charge in [0.05, 0.1) is 6.10 Å². The molecule has 0 radical (unpaired) electrons. The van der Waals surface area contributed by atoms with E-state index >= 15 is 0 Å². The van der Waals surface area contributed by atoms with E-state index in [1.807, 2.05) is 7.11 Å². The zero-order valence-electron chi connectivity index (χ0n) is 9.26. The molecule has 1 nitrogen and oxygen atoms in total. The Morgan fingerprint density at radius 3 is 2.00 bits per heavy atom. The topological polar surface area (TPSA) is 9.23 Å². The summed E-state index contributed by atoms with van der Waals surface area (Å²) in [7, 11) is 1.83. The van der Waals surface area contributed by atoms with Crippen LogP contribution in [0.15, 0.2) is 0 Å². The molecular weight excluding hydrogens is 148 g/mol. The standard InChI is InChI=1S/C11H24O/c1-6-10(4)8-11(12-5)7-9(2)3/h9-11H,6-8H2,1-5H3. The van der Waals surface area contributed by atoms with Crippen LogP contribution in [0.1, 0.15) is 47.0 Å². The molecule has 0 aliphatic carbocycles. The molecule has 0 saturated carbocycles. The van der Waals surface area contributed by atoms with Gasteiger partial charge in [0.2, 0.25) is 0 Å². The SMILES string of the molecule is CCC(C)CC(CC(C)C)OC. The van der Waals surface area contributed by atoms with Gasteiger partial charge in [-0.25, -0.2) is 0 Å². The van der Waals surface area contributed by atoms with Gasteiger partial charge in [-0.15, -0.1) is 0 Å². The summed E-state index contributed by atoms with van der Waals surface area (Å²) in [5.74, 6) is 1.55. The molecule has 0 N–H and O–H groups in total. The van der Waals surface area contributed by atoms with Crippen LogP contribution in [0.2, 0.25) is 0 Å². The molecule has 0 heterocycles. The van der Waals surface area contributed by atoms with Gasteiger partial charge in [0.15, 0.2) is 0 Å². The second-order valence-corrected chi connectivity index (χ2v) is 4.24. The van der Waals surface area contributed by atoms with Gasteiger partial charge in [-0.05, 0) is 24.7 Å². The van der Waals surface area contributed by atoms with Crippen molar-refractivity contribution >= 4 is 0 Å². The fourth-order valence-corrected chi connectivity index (χ4v) is 1.43. The van der Waals surface area contributed by atoms with Crippen LogP contribution in [0.25, 0.3) is 0 Å². The molecule has 0 saturated heterocycles. The molecular formula is C11H24O. The third-order valence-electron chi connectivity index (χ3n) is 2.43. The molecule has 0 aromatic rings. The lowest BCUT2D eigenvalue weighted by Gasteiger charge is -2.20. The fraction of sp³-hybridized carbons (Fsp3) is 1.00. The minimum atomic E-state index is 0.472. The number of methoxy groups -OCH3 is 1. The van der Waals surface area contributed by atoms with E-state index in [9.17, 15) is 0 Å². The van der Waals surface area contributed by atoms with E-state index < -0.39 is 0 Å². The normalized spacial score (nSPS) is 16.5. The van der Waals surface area contributed by atoms with Gasteiger partial charge in [-0.3, -0.25) is 0 Å². The minimum absolute atomic E-state index is 0.472. The van der Waals surface area contributed by atoms with Crippen molar-refractivity contribution in [2.24, 2.45) is 11.8 Å². The van der Waals surface area contributed by atoms with Gasteiger partial charge in [-0.1, -0.05) is 34.1 Å². The Morgan fingerprint density at radius 1 is 1.08 bits per heavy atom. The van der Waals surface area contributed by atoms with Crippen molar-refractivity contribution in [1.82, 2.24) is 0 Å². The number of rotatable bonds is 6. The molecule has 0 aromatic heterocycles. The van der Waals surface area contributed by atoms with E-state index in [-0.39, 0.29) is 0 Å². The Hall–Kier alpha value is -0.0400. The first-order valence-corrected chi connectivity index (χ1v) is 5.12. The highest BCUT2D eigenvalue weighted by atomic mass is 16.5. The average Bonchev–Trinajstić information content (AvgIpc) is 2.02. The first kappa shape index (κ1) is 12.0. The number of hydrogen-bond acceptors (Lipinski definition) is 1. The summed E-state index contributed by atoms with van der Waals surface area (Å²) in [5.41, 5.74) is 0. The van der Waals surface area contributed by atoms with E-state index in [1.54, 1.807) is 0 Å². The van der Waals surface area contributed by atoms with Gasteiger partial charge >= 0.3 is 0 Å². The summed E-state index contributed by atoms with van der Waals surface area (Å²) in [6.45, 7) is 9.05. The summed E-state index contributed by atoms with van der Waals surface area (Å²) < 4.78 is 5.43. The van der Waals surface area contributed by atoms with Crippen molar-refractivity contribution in [1.29, 1.82) is 0 Å². The van der Waals surface area contributed by atoms with Crippen molar-refractivity contribution in [2.75, 3.05) is 7.11 Å². The van der Waals surface area contributed by atoms with Crippen molar-refractivity contribution in [2.45, 2.75) is 53.1 Å². The van der Waals surface area contributed by atoms with Gasteiger partial charge < -0.3 is 4.74 Å². The lowest BCUT2D eigenvalue weighted by atomic mass is 9.95. The Kier molecular flexibility index (Phi) is 6.45. The molecule has 12 heavy (non-hydrogen) atoms. The predicted molar refractivity (Wildman–Crippen MR) is 54.3 cm³/mol. The van der Waals surface area contributed by atoms with Crippen molar-refractivity contribution in [3.8, 4) is 0 Å². The second kappa shape index (κ2) is 6.47. The summed E-state index contributed by atoms with van der Waals surface area (Å²) >= 11 is 0. The summed E-state index contributed by atoms with van der Waals surface area (Å²) in [4.78, 5) is 0. The maximum atomic E-state index is 5.43. The Labute approximate surface area is 77.5 Å². The van der Waals surface area contributed by atoms with Crippen LogP contribution in [0.3, 0.4) is 0 Å². The van der Waals surface area contributed by atoms with Gasteiger partial charge in [0.1, 0.15) is 0 Å². The van der Waals surface area contributed by atoms with Crippen LogP contribution in [0.4, 0.5) is 0 Å². The molecule has 0 aliphatic heterocycles. The molecule has 2 atom stereocenters. The largest absolute Gasteiger partial charge is 0.381 e. The average molecular weight is 172 g/mol. The monoisotopic (exact) mass is 172 g/mol. The van der Waals surface area contributed by atoms with Crippen LogP contribution in [-0.4, -0.2) is 13.2 Å². The number of ether oxygens (including phenoxy) is 1. The van der Waals surface area contributed by atoms with Crippen LogP contribution in [0, 0.1) is 11.8 Å². The predicted octanol–water partition coefficient (Wildman–Crippen LogP) is 3.48. The van der Waals surface area contributed by atoms with Crippen LogP contribution in [0.5, 0.6) is 0 Å². The lowest BCUT2D eigenvalue weighted by molar-refractivity contribution is 0.0649. The third-order valence-corrected chi connectivity index (χ3v) is 2.43. The van der Waals surface area contributed by atoms with Crippen LogP contribution in [-0.2, 0) is 4.74 Å². The smallest absolute Gasteiger partial charge is 0.0576 e. The zero-order chi connectivity index (χ0) is 9.56. The molecule has 0 rings (SSSR count). The van der Waals surface area contributed by atoms with Crippen molar-refractivity contribution < 1.29 is 4.74 Å². The molecule has 0 aliphatic rings. The molecule has 0 bridgehead atoms. The highest BCUT2D eigenvalue weighted by Gasteiger charge is 2.12. The Morgan fingerprint density at radius 2 is 1.67 bits per heavy atom. The second-order valence-electron chi connectivity index (χ2n) is 4.24. The maximum Gasteiger partial charge on any atom is 0.0576 e. The lowest BCUT2D eigenvalue weighted by Crippen LogP contribution is -2.16.